The van der Waals surface area contributed by atoms with Gasteiger partial charge in [-0.1, -0.05) is 44.2 Å². The molecule has 1 rings (SSSR count). The molecule has 4 nitrogen and oxygen atoms in total. The minimum atomic E-state index is -3.16. The lowest BCUT2D eigenvalue weighted by atomic mass is 10.0. The Balaban J connectivity index is 2.97. The van der Waals surface area contributed by atoms with Crippen LogP contribution in [0.2, 0.25) is 0 Å². The highest BCUT2D eigenvalue weighted by Gasteiger charge is 2.32. The molecule has 0 spiro atoms. The molecule has 0 fully saturated rings. The van der Waals surface area contributed by atoms with Crippen LogP contribution in [-0.2, 0) is 14.6 Å². The van der Waals surface area contributed by atoms with Gasteiger partial charge in [0.05, 0.1) is 11.0 Å². The number of rotatable bonds is 10. The Morgan fingerprint density at radius 2 is 1.86 bits per heavy atom. The third kappa shape index (κ3) is 5.41. The minimum absolute atomic E-state index is 0.159. The van der Waals surface area contributed by atoms with E-state index in [1.54, 1.807) is 7.11 Å². The van der Waals surface area contributed by atoms with Gasteiger partial charge in [-0.3, -0.25) is 0 Å². The number of hydrogen-bond donors (Lipinski definition) is 1. The average Bonchev–Trinajstić information content (AvgIpc) is 2.48. The summed E-state index contributed by atoms with van der Waals surface area (Å²) in [5, 5.41) is 2.93. The van der Waals surface area contributed by atoms with Crippen molar-refractivity contribution in [3.8, 4) is 0 Å². The normalized spacial score (nSPS) is 14.8. The monoisotopic (exact) mass is 313 g/mol. The van der Waals surface area contributed by atoms with Gasteiger partial charge < -0.3 is 10.1 Å². The Kier molecular flexibility index (Phi) is 7.93. The third-order valence-electron chi connectivity index (χ3n) is 3.60. The molecule has 0 bridgehead atoms. The van der Waals surface area contributed by atoms with E-state index in [4.69, 9.17) is 4.74 Å². The van der Waals surface area contributed by atoms with Gasteiger partial charge in [-0.25, -0.2) is 8.42 Å². The van der Waals surface area contributed by atoms with Gasteiger partial charge in [0.1, 0.15) is 0 Å². The quantitative estimate of drug-likeness (QED) is 0.675. The fraction of sp³-hybridized carbons (Fsp3) is 0.625. The molecule has 2 atom stereocenters. The van der Waals surface area contributed by atoms with Crippen molar-refractivity contribution in [3.63, 3.8) is 0 Å². The molecule has 0 aromatic heterocycles. The second kappa shape index (κ2) is 9.18. The van der Waals surface area contributed by atoms with E-state index in [9.17, 15) is 8.42 Å². The van der Waals surface area contributed by atoms with Crippen molar-refractivity contribution in [3.05, 3.63) is 35.9 Å². The van der Waals surface area contributed by atoms with Gasteiger partial charge in [-0.15, -0.1) is 0 Å². The van der Waals surface area contributed by atoms with Crippen LogP contribution in [0.25, 0.3) is 0 Å². The van der Waals surface area contributed by atoms with E-state index in [1.165, 1.54) is 0 Å². The standard InChI is InChI=1S/C16H27NO3S/c1-4-15(21(18,19)13-9-12-20-3)16(17-5-2)14-10-7-6-8-11-14/h6-8,10-11,15-17H,4-5,9,12-13H2,1-3H3. The van der Waals surface area contributed by atoms with Crippen molar-refractivity contribution in [1.29, 1.82) is 0 Å². The second-order valence-corrected chi connectivity index (χ2v) is 7.45. The first-order valence-corrected chi connectivity index (χ1v) is 9.27. The van der Waals surface area contributed by atoms with E-state index in [2.05, 4.69) is 5.32 Å². The summed E-state index contributed by atoms with van der Waals surface area (Å²) in [4.78, 5) is 0. The van der Waals surface area contributed by atoms with Crippen molar-refractivity contribution in [2.45, 2.75) is 38.0 Å². The molecule has 0 amide bonds. The van der Waals surface area contributed by atoms with Gasteiger partial charge in [-0.05, 0) is 24.9 Å². The molecule has 0 saturated heterocycles. The summed E-state index contributed by atoms with van der Waals surface area (Å²) in [5.74, 6) is 0.175. The van der Waals surface area contributed by atoms with Crippen LogP contribution >= 0.6 is 0 Å². The molecule has 1 aromatic rings. The Bertz CT molecular complexity index is 488. The fourth-order valence-electron chi connectivity index (χ4n) is 2.60. The van der Waals surface area contributed by atoms with Crippen LogP contribution in [0.4, 0.5) is 0 Å². The zero-order chi connectivity index (χ0) is 15.7. The lowest BCUT2D eigenvalue weighted by molar-refractivity contribution is 0.199. The van der Waals surface area contributed by atoms with Crippen LogP contribution in [-0.4, -0.2) is 39.7 Å². The minimum Gasteiger partial charge on any atom is -0.385 e. The lowest BCUT2D eigenvalue weighted by Gasteiger charge is -2.27. The maximum absolute atomic E-state index is 12.6. The molecule has 120 valence electrons. The summed E-state index contributed by atoms with van der Waals surface area (Å²) < 4.78 is 30.2. The van der Waals surface area contributed by atoms with Crippen LogP contribution in [0.3, 0.4) is 0 Å². The maximum atomic E-state index is 12.6. The fourth-order valence-corrected chi connectivity index (χ4v) is 4.60. The molecule has 5 heteroatoms. The van der Waals surface area contributed by atoms with Crippen LogP contribution in [0, 0.1) is 0 Å². The smallest absolute Gasteiger partial charge is 0.155 e. The number of sulfone groups is 1. The van der Waals surface area contributed by atoms with E-state index in [0.29, 0.717) is 19.4 Å². The van der Waals surface area contributed by atoms with Gasteiger partial charge in [-0.2, -0.15) is 0 Å². The first kappa shape index (κ1) is 18.1. The van der Waals surface area contributed by atoms with Crippen molar-refractivity contribution >= 4 is 9.84 Å². The van der Waals surface area contributed by atoms with Crippen LogP contribution in [0.5, 0.6) is 0 Å². The summed E-state index contributed by atoms with van der Waals surface area (Å²) in [6.07, 6.45) is 1.14. The van der Waals surface area contributed by atoms with Gasteiger partial charge in [0.2, 0.25) is 0 Å². The Morgan fingerprint density at radius 3 is 2.38 bits per heavy atom. The zero-order valence-corrected chi connectivity index (χ0v) is 14.0. The van der Waals surface area contributed by atoms with Crippen molar-refractivity contribution in [1.82, 2.24) is 5.32 Å². The van der Waals surface area contributed by atoms with Gasteiger partial charge in [0.25, 0.3) is 0 Å². The molecule has 1 aromatic carbocycles. The lowest BCUT2D eigenvalue weighted by Crippen LogP contribution is -2.38. The van der Waals surface area contributed by atoms with Crippen molar-refractivity contribution in [2.24, 2.45) is 0 Å². The number of ether oxygens (including phenoxy) is 1. The SMILES string of the molecule is CCNC(c1ccccc1)C(CC)S(=O)(=O)CCCOC. The molecule has 0 aliphatic heterocycles. The van der Waals surface area contributed by atoms with E-state index < -0.39 is 15.1 Å². The van der Waals surface area contributed by atoms with Crippen molar-refractivity contribution in [2.75, 3.05) is 26.0 Å². The van der Waals surface area contributed by atoms with Crippen LogP contribution < -0.4 is 5.32 Å². The van der Waals surface area contributed by atoms with Gasteiger partial charge in [0.15, 0.2) is 9.84 Å². The Hall–Kier alpha value is -0.910. The first-order valence-electron chi connectivity index (χ1n) is 7.55. The first-order chi connectivity index (χ1) is 10.1. The summed E-state index contributed by atoms with van der Waals surface area (Å²) in [5.41, 5.74) is 1.03. The van der Waals surface area contributed by atoms with E-state index in [1.807, 2.05) is 44.2 Å². The highest BCUT2D eigenvalue weighted by molar-refractivity contribution is 7.92. The molecular weight excluding hydrogens is 286 g/mol. The molecule has 0 aliphatic rings. The van der Waals surface area contributed by atoms with E-state index in [0.717, 1.165) is 12.1 Å². The molecule has 1 N–H and O–H groups in total. The van der Waals surface area contributed by atoms with E-state index >= 15 is 0 Å². The molecule has 21 heavy (non-hydrogen) atoms. The van der Waals surface area contributed by atoms with Crippen LogP contribution in [0.15, 0.2) is 30.3 Å². The van der Waals surface area contributed by atoms with Crippen LogP contribution in [0.1, 0.15) is 38.3 Å². The van der Waals surface area contributed by atoms with Crippen molar-refractivity contribution < 1.29 is 13.2 Å². The summed E-state index contributed by atoms with van der Waals surface area (Å²) in [6.45, 7) is 5.16. The number of hydrogen-bond acceptors (Lipinski definition) is 4. The maximum Gasteiger partial charge on any atom is 0.155 e. The second-order valence-electron chi connectivity index (χ2n) is 5.11. The average molecular weight is 313 g/mol. The molecule has 0 heterocycles. The highest BCUT2D eigenvalue weighted by Crippen LogP contribution is 2.25. The van der Waals surface area contributed by atoms with Gasteiger partial charge in [0, 0.05) is 19.8 Å². The number of methoxy groups -OCH3 is 1. The molecule has 2 unspecified atom stereocenters. The highest BCUT2D eigenvalue weighted by atomic mass is 32.2. The summed E-state index contributed by atoms with van der Waals surface area (Å²) >= 11 is 0. The predicted molar refractivity (Wildman–Crippen MR) is 87.2 cm³/mol. The molecule has 0 saturated carbocycles. The Morgan fingerprint density at radius 1 is 1.19 bits per heavy atom. The molecule has 0 radical (unpaired) electrons. The van der Waals surface area contributed by atoms with Gasteiger partial charge >= 0.3 is 0 Å². The zero-order valence-electron chi connectivity index (χ0n) is 13.2. The predicted octanol–water partition coefficient (Wildman–Crippen LogP) is 2.57. The largest absolute Gasteiger partial charge is 0.385 e. The number of benzene rings is 1. The molecular formula is C16H27NO3S. The number of nitrogens with one attached hydrogen (secondary N) is 1. The summed E-state index contributed by atoms with van der Waals surface area (Å²) in [6, 6.07) is 9.66. The Labute approximate surface area is 128 Å². The molecule has 0 aliphatic carbocycles. The third-order valence-corrected chi connectivity index (χ3v) is 5.98. The summed E-state index contributed by atoms with van der Waals surface area (Å²) in [7, 11) is -1.56. The van der Waals surface area contributed by atoms with E-state index in [-0.39, 0.29) is 11.8 Å². The topological polar surface area (TPSA) is 55.4 Å².